The molecule has 0 bridgehead atoms. The number of hydrogen-bond donors (Lipinski definition) is 2. The van der Waals surface area contributed by atoms with Gasteiger partial charge in [-0.15, -0.1) is 0 Å². The monoisotopic (exact) mass is 354 g/mol. The minimum atomic E-state index is -1.01. The topological polar surface area (TPSA) is 74.6 Å². The third-order valence-corrected chi connectivity index (χ3v) is 6.72. The van der Waals surface area contributed by atoms with Gasteiger partial charge < -0.3 is 10.2 Å². The third-order valence-electron chi connectivity index (χ3n) is 6.72. The number of carboxylic acid groups (broad SMARTS) is 2. The van der Waals surface area contributed by atoms with Crippen LogP contribution in [0, 0.1) is 39.4 Å². The Morgan fingerprint density at radius 2 is 1.36 bits per heavy atom. The summed E-state index contributed by atoms with van der Waals surface area (Å²) in [5, 5.41) is 19.5. The molecule has 0 heterocycles. The van der Waals surface area contributed by atoms with Crippen molar-refractivity contribution in [1.29, 1.82) is 0 Å². The first-order valence-electron chi connectivity index (χ1n) is 9.38. The second-order valence-electron chi connectivity index (χ2n) is 11.3. The fourth-order valence-electron chi connectivity index (χ4n) is 4.40. The molecule has 0 amide bonds. The molecule has 1 aliphatic carbocycles. The van der Waals surface area contributed by atoms with E-state index in [1.54, 1.807) is 0 Å². The van der Waals surface area contributed by atoms with E-state index in [0.29, 0.717) is 6.42 Å². The van der Waals surface area contributed by atoms with Gasteiger partial charge in [0.25, 0.3) is 0 Å². The largest absolute Gasteiger partial charge is 0.481 e. The molecule has 4 nitrogen and oxygen atoms in total. The molecular weight excluding hydrogens is 316 g/mol. The lowest BCUT2D eigenvalue weighted by Gasteiger charge is -2.39. The van der Waals surface area contributed by atoms with Gasteiger partial charge in [0, 0.05) is 0 Å². The summed E-state index contributed by atoms with van der Waals surface area (Å²) in [6.45, 7) is 18.7. The van der Waals surface area contributed by atoms with Crippen LogP contribution in [-0.2, 0) is 9.59 Å². The van der Waals surface area contributed by atoms with Gasteiger partial charge in [0.1, 0.15) is 0 Å². The quantitative estimate of drug-likeness (QED) is 0.649. The summed E-state index contributed by atoms with van der Waals surface area (Å²) in [6, 6.07) is 0. The second kappa shape index (κ2) is 6.59. The van der Waals surface area contributed by atoms with Crippen LogP contribution >= 0.6 is 0 Å². The molecule has 1 fully saturated rings. The average Bonchev–Trinajstić information content (AvgIpc) is 2.81. The van der Waals surface area contributed by atoms with Crippen LogP contribution in [-0.4, -0.2) is 22.2 Å². The molecule has 25 heavy (non-hydrogen) atoms. The smallest absolute Gasteiger partial charge is 0.307 e. The summed E-state index contributed by atoms with van der Waals surface area (Å²) in [7, 11) is 0. The zero-order valence-corrected chi connectivity index (χ0v) is 17.6. The lowest BCUT2D eigenvalue weighted by atomic mass is 9.65. The Hall–Kier alpha value is -1.06. The zero-order valence-electron chi connectivity index (χ0n) is 17.6. The molecule has 0 aromatic heterocycles. The van der Waals surface area contributed by atoms with Crippen LogP contribution in [0.3, 0.4) is 0 Å². The Morgan fingerprint density at radius 1 is 0.920 bits per heavy atom. The van der Waals surface area contributed by atoms with Crippen LogP contribution in [0.5, 0.6) is 0 Å². The molecule has 4 unspecified atom stereocenters. The molecule has 4 heteroatoms. The fourth-order valence-corrected chi connectivity index (χ4v) is 4.40. The Bertz CT molecular complexity index is 521. The van der Waals surface area contributed by atoms with E-state index >= 15 is 0 Å². The highest BCUT2D eigenvalue weighted by molar-refractivity contribution is 5.80. The second-order valence-corrected chi connectivity index (χ2v) is 11.3. The average molecular weight is 355 g/mol. The third kappa shape index (κ3) is 4.98. The predicted molar refractivity (Wildman–Crippen MR) is 100 cm³/mol. The van der Waals surface area contributed by atoms with Gasteiger partial charge in [0.15, 0.2) is 0 Å². The van der Waals surface area contributed by atoms with E-state index in [2.05, 4.69) is 41.5 Å². The van der Waals surface area contributed by atoms with Crippen LogP contribution < -0.4 is 0 Å². The van der Waals surface area contributed by atoms with Gasteiger partial charge in [-0.2, -0.15) is 0 Å². The first kappa shape index (κ1) is 22.0. The minimum absolute atomic E-state index is 0.0592. The van der Waals surface area contributed by atoms with E-state index < -0.39 is 29.2 Å². The number of carbonyl (C=O) groups is 2. The van der Waals surface area contributed by atoms with Gasteiger partial charge in [-0.1, -0.05) is 62.3 Å². The van der Waals surface area contributed by atoms with Crippen molar-refractivity contribution in [2.45, 2.75) is 81.6 Å². The van der Waals surface area contributed by atoms with E-state index in [0.717, 1.165) is 12.8 Å². The van der Waals surface area contributed by atoms with Gasteiger partial charge in [-0.3, -0.25) is 9.59 Å². The molecule has 0 spiro atoms. The summed E-state index contributed by atoms with van der Waals surface area (Å²) in [6.07, 6.45) is 2.51. The number of rotatable bonds is 7. The fraction of sp³-hybridized carbons (Fsp3) is 0.905. The van der Waals surface area contributed by atoms with Crippen molar-refractivity contribution >= 4 is 11.9 Å². The van der Waals surface area contributed by atoms with Crippen LogP contribution in [0.4, 0.5) is 0 Å². The van der Waals surface area contributed by atoms with Crippen molar-refractivity contribution in [2.24, 2.45) is 39.4 Å². The molecule has 1 saturated carbocycles. The molecule has 4 atom stereocenters. The molecule has 1 aliphatic rings. The molecule has 146 valence electrons. The zero-order chi connectivity index (χ0) is 20.0. The van der Waals surface area contributed by atoms with Crippen LogP contribution in [0.15, 0.2) is 0 Å². The van der Waals surface area contributed by atoms with Crippen molar-refractivity contribution in [2.75, 3.05) is 0 Å². The molecule has 1 rings (SSSR count). The van der Waals surface area contributed by atoms with Crippen molar-refractivity contribution < 1.29 is 19.8 Å². The van der Waals surface area contributed by atoms with Crippen molar-refractivity contribution in [1.82, 2.24) is 0 Å². The molecule has 0 aromatic carbocycles. The lowest BCUT2D eigenvalue weighted by molar-refractivity contribution is -0.160. The molecule has 0 saturated heterocycles. The maximum absolute atomic E-state index is 12.0. The lowest BCUT2D eigenvalue weighted by Crippen LogP contribution is -2.41. The molecular formula is C21H38O4. The Kier molecular flexibility index (Phi) is 5.79. The minimum Gasteiger partial charge on any atom is -0.481 e. The molecule has 0 aromatic rings. The number of aliphatic carboxylic acids is 2. The first-order valence-corrected chi connectivity index (χ1v) is 9.38. The molecule has 0 aliphatic heterocycles. The maximum Gasteiger partial charge on any atom is 0.307 e. The van der Waals surface area contributed by atoms with Crippen LogP contribution in [0.2, 0.25) is 0 Å². The predicted octanol–water partition coefficient (Wildman–Crippen LogP) is 5.31. The summed E-state index contributed by atoms with van der Waals surface area (Å²) < 4.78 is 0. The van der Waals surface area contributed by atoms with E-state index in [1.807, 2.05) is 20.8 Å². The maximum atomic E-state index is 12.0. The summed E-state index contributed by atoms with van der Waals surface area (Å²) in [5.41, 5.74) is -0.156. The highest BCUT2D eigenvalue weighted by atomic mass is 16.4. The van der Waals surface area contributed by atoms with E-state index in [9.17, 15) is 19.8 Å². The Morgan fingerprint density at radius 3 is 1.60 bits per heavy atom. The Balaban J connectivity index is 3.14. The van der Waals surface area contributed by atoms with Gasteiger partial charge in [0.05, 0.1) is 11.8 Å². The number of hydrogen-bond acceptors (Lipinski definition) is 2. The van der Waals surface area contributed by atoms with Crippen molar-refractivity contribution in [3.8, 4) is 0 Å². The van der Waals surface area contributed by atoms with Crippen LogP contribution in [0.25, 0.3) is 0 Å². The SMILES string of the molecule is CC(C)(C)C(CC(C(=O)O)C(C(=O)O)C(C)(C)C)CC1(C)CC1(C)C. The van der Waals surface area contributed by atoms with Gasteiger partial charge in [-0.05, 0) is 46.8 Å². The van der Waals surface area contributed by atoms with E-state index in [1.165, 1.54) is 0 Å². The van der Waals surface area contributed by atoms with Crippen molar-refractivity contribution in [3.63, 3.8) is 0 Å². The van der Waals surface area contributed by atoms with Crippen LogP contribution in [0.1, 0.15) is 81.6 Å². The first-order chi connectivity index (χ1) is 10.9. The summed E-state index contributed by atoms with van der Waals surface area (Å²) in [4.78, 5) is 23.9. The summed E-state index contributed by atoms with van der Waals surface area (Å²) in [5.74, 6) is -3.59. The van der Waals surface area contributed by atoms with Gasteiger partial charge in [0.2, 0.25) is 0 Å². The van der Waals surface area contributed by atoms with E-state index in [-0.39, 0.29) is 22.2 Å². The van der Waals surface area contributed by atoms with Gasteiger partial charge in [-0.25, -0.2) is 0 Å². The molecule has 2 N–H and O–H groups in total. The van der Waals surface area contributed by atoms with E-state index in [4.69, 9.17) is 0 Å². The summed E-state index contributed by atoms with van der Waals surface area (Å²) >= 11 is 0. The highest BCUT2D eigenvalue weighted by Gasteiger charge is 2.58. The highest BCUT2D eigenvalue weighted by Crippen LogP contribution is 2.67. The Labute approximate surface area is 153 Å². The normalized spacial score (nSPS) is 26.6. The standard InChI is InChI=1S/C21H38O4/c1-18(2,3)13(11-21(9)12-20(21,7)8)10-14(16(22)23)15(17(24)25)19(4,5)6/h13-15H,10-12H2,1-9H3,(H,22,23)(H,24,25). The molecule has 0 radical (unpaired) electrons. The van der Waals surface area contributed by atoms with Gasteiger partial charge >= 0.3 is 11.9 Å². The number of carboxylic acids is 2. The van der Waals surface area contributed by atoms with Crippen molar-refractivity contribution in [3.05, 3.63) is 0 Å².